The van der Waals surface area contributed by atoms with Gasteiger partial charge < -0.3 is 9.13 Å². The van der Waals surface area contributed by atoms with Gasteiger partial charge in [0.1, 0.15) is 0 Å². The molecular weight excluding hydrogens is 635 g/mol. The van der Waals surface area contributed by atoms with Gasteiger partial charge in [-0.05, 0) is 25.5 Å². The lowest BCUT2D eigenvalue weighted by Crippen LogP contribution is -2.23. The fourth-order valence-corrected chi connectivity index (χ4v) is 16.1. The summed E-state index contributed by atoms with van der Waals surface area (Å²) in [6.45, 7) is 6.48. The third-order valence-corrected chi connectivity index (χ3v) is 19.3. The van der Waals surface area contributed by atoms with Crippen LogP contribution in [-0.4, -0.2) is 4.99 Å². The Morgan fingerprint density at radius 2 is 1.20 bits per heavy atom. The molecule has 0 aliphatic carbocycles. The van der Waals surface area contributed by atoms with Gasteiger partial charge in [0.2, 0.25) is 0 Å². The van der Waals surface area contributed by atoms with Crippen molar-refractivity contribution in [1.82, 2.24) is 0 Å². The first-order chi connectivity index (χ1) is 21.4. The predicted octanol–water partition coefficient (Wildman–Crippen LogP) is 9.36. The topological polar surface area (TPSA) is 34.1 Å². The van der Waals surface area contributed by atoms with E-state index in [0.717, 1.165) is 45.4 Å². The van der Waals surface area contributed by atoms with Crippen LogP contribution in [0.25, 0.3) is 4.91 Å². The maximum absolute atomic E-state index is 14.9. The van der Waals surface area contributed by atoms with E-state index in [9.17, 15) is 9.13 Å². The Balaban J connectivity index is 1.24. The molecule has 1 aliphatic heterocycles. The Labute approximate surface area is 272 Å². The van der Waals surface area contributed by atoms with Gasteiger partial charge in [-0.25, -0.2) is 0 Å². The maximum atomic E-state index is 14.9. The maximum Gasteiger partial charge on any atom is 0.180 e. The zero-order valence-corrected chi connectivity index (χ0v) is 28.5. The molecule has 6 rings (SSSR count). The second-order valence-electron chi connectivity index (χ2n) is 10.3. The molecule has 0 amide bonds. The second kappa shape index (κ2) is 13.5. The number of hydrogen-bond acceptors (Lipinski definition) is 5. The van der Waals surface area contributed by atoms with Crippen LogP contribution in [-0.2, 0) is 9.13 Å². The van der Waals surface area contributed by atoms with Gasteiger partial charge in [0.15, 0.2) is 14.3 Å². The van der Waals surface area contributed by atoms with Gasteiger partial charge in [-0.2, -0.15) is 0 Å². The van der Waals surface area contributed by atoms with Crippen molar-refractivity contribution in [3.8, 4) is 0 Å². The molecule has 0 spiro atoms. The SMILES string of the molecule is C=C(S/C(=C\C)c1ccc(P(=O)(c2ccccc2)c2ccccc2)s1)C1=CCC(P(=O)(c2ccccc2)c2ccccc2)S1. The van der Waals surface area contributed by atoms with E-state index in [2.05, 4.69) is 24.8 Å². The van der Waals surface area contributed by atoms with Crippen molar-refractivity contribution >= 4 is 79.9 Å². The first kappa shape index (κ1) is 31.0. The van der Waals surface area contributed by atoms with Gasteiger partial charge in [-0.3, -0.25) is 0 Å². The number of rotatable bonds is 10. The molecule has 2 nitrogen and oxygen atoms in total. The van der Waals surface area contributed by atoms with Crippen LogP contribution < -0.4 is 25.8 Å². The van der Waals surface area contributed by atoms with E-state index in [0.29, 0.717) is 6.42 Å². The minimum Gasteiger partial charge on any atom is -0.312 e. The molecule has 0 bridgehead atoms. The third kappa shape index (κ3) is 5.97. The summed E-state index contributed by atoms with van der Waals surface area (Å²) < 4.78 is 30.6. The smallest absolute Gasteiger partial charge is 0.180 e. The van der Waals surface area contributed by atoms with E-state index < -0.39 is 14.3 Å². The van der Waals surface area contributed by atoms with E-state index in [-0.39, 0.29) is 4.99 Å². The van der Waals surface area contributed by atoms with Crippen molar-refractivity contribution in [2.45, 2.75) is 18.3 Å². The zero-order valence-electron chi connectivity index (χ0n) is 24.3. The Morgan fingerprint density at radius 3 is 1.68 bits per heavy atom. The van der Waals surface area contributed by atoms with Crippen LogP contribution in [0.5, 0.6) is 0 Å². The van der Waals surface area contributed by atoms with Crippen molar-refractivity contribution in [2.24, 2.45) is 0 Å². The van der Waals surface area contributed by atoms with Gasteiger partial charge >= 0.3 is 0 Å². The van der Waals surface area contributed by atoms with E-state index in [1.54, 1.807) is 34.9 Å². The highest BCUT2D eigenvalue weighted by Gasteiger charge is 2.40. The fourth-order valence-electron chi connectivity index (χ4n) is 5.38. The number of thioether (sulfide) groups is 2. The van der Waals surface area contributed by atoms with Crippen LogP contribution in [0.1, 0.15) is 18.2 Å². The van der Waals surface area contributed by atoms with Crippen LogP contribution in [0.15, 0.2) is 162 Å². The molecule has 7 heteroatoms. The first-order valence-electron chi connectivity index (χ1n) is 14.4. The molecule has 0 saturated heterocycles. The summed E-state index contributed by atoms with van der Waals surface area (Å²) in [5.74, 6) is 0. The van der Waals surface area contributed by atoms with Crippen molar-refractivity contribution in [2.75, 3.05) is 0 Å². The number of hydrogen-bond donors (Lipinski definition) is 0. The van der Waals surface area contributed by atoms with Crippen LogP contribution in [0.3, 0.4) is 0 Å². The highest BCUT2D eigenvalue weighted by molar-refractivity contribution is 8.16. The van der Waals surface area contributed by atoms with E-state index >= 15 is 0 Å². The van der Waals surface area contributed by atoms with Gasteiger partial charge in [-0.15, -0.1) is 23.1 Å². The summed E-state index contributed by atoms with van der Waals surface area (Å²) in [6.07, 6.45) is 5.00. The zero-order chi connectivity index (χ0) is 30.6. The normalized spacial score (nSPS) is 15.6. The molecule has 5 aromatic rings. The van der Waals surface area contributed by atoms with Gasteiger partial charge in [-0.1, -0.05) is 152 Å². The summed E-state index contributed by atoms with van der Waals surface area (Å²) >= 11 is 4.88. The van der Waals surface area contributed by atoms with E-state index in [4.69, 9.17) is 0 Å². The van der Waals surface area contributed by atoms with E-state index in [1.165, 1.54) is 0 Å². The van der Waals surface area contributed by atoms with Gasteiger partial charge in [0.25, 0.3) is 0 Å². The average molecular weight is 667 g/mol. The molecule has 1 unspecified atom stereocenters. The highest BCUT2D eigenvalue weighted by atomic mass is 32.2. The van der Waals surface area contributed by atoms with Crippen LogP contribution in [0, 0.1) is 0 Å². The summed E-state index contributed by atoms with van der Waals surface area (Å²) in [7, 11) is -5.94. The second-order valence-corrected chi connectivity index (χ2v) is 20.1. The Morgan fingerprint density at radius 1 is 0.727 bits per heavy atom. The predicted molar refractivity (Wildman–Crippen MR) is 198 cm³/mol. The molecular formula is C37H32O2P2S3. The van der Waals surface area contributed by atoms with Crippen LogP contribution in [0.2, 0.25) is 0 Å². The minimum atomic E-state index is -3.03. The Bertz CT molecular complexity index is 1830. The highest BCUT2D eigenvalue weighted by Crippen LogP contribution is 2.60. The quantitative estimate of drug-likeness (QED) is 0.139. The molecule has 0 fully saturated rings. The Hall–Kier alpha value is -3.04. The van der Waals surface area contributed by atoms with Crippen molar-refractivity contribution in [3.63, 3.8) is 0 Å². The van der Waals surface area contributed by atoms with Gasteiger partial charge in [0.05, 0.1) is 9.61 Å². The molecule has 220 valence electrons. The molecule has 0 saturated carbocycles. The molecule has 1 aromatic heterocycles. The molecule has 4 aromatic carbocycles. The summed E-state index contributed by atoms with van der Waals surface area (Å²) in [5, 5.41) is 3.44. The summed E-state index contributed by atoms with van der Waals surface area (Å²) in [6, 6.07) is 43.4. The largest absolute Gasteiger partial charge is 0.312 e. The Kier molecular flexibility index (Phi) is 9.52. The lowest BCUT2D eigenvalue weighted by molar-refractivity contribution is 0.585. The number of benzene rings is 4. The van der Waals surface area contributed by atoms with E-state index in [1.807, 2.05) is 134 Å². The fraction of sp³-hybridized carbons (Fsp3) is 0.0811. The third-order valence-electron chi connectivity index (χ3n) is 7.61. The standard InChI is InChI=1S/C37H32O2P2S3/c1-3-33(35-25-27-37(44-35)41(39,31-20-12-6-13-21-31)32-22-14-7-15-23-32)42-28(2)34-24-26-36(43-34)40(38,29-16-8-4-9-17-29)30-18-10-5-11-19-30/h3-25,27,36H,2,26H2,1H3/b33-3-. The minimum absolute atomic E-state index is 0.0929. The molecule has 44 heavy (non-hydrogen) atoms. The number of thiophene rings is 1. The van der Waals surface area contributed by atoms with Crippen LogP contribution in [0.4, 0.5) is 0 Å². The van der Waals surface area contributed by atoms with Crippen molar-refractivity contribution in [3.05, 3.63) is 167 Å². The monoisotopic (exact) mass is 666 g/mol. The molecule has 2 heterocycles. The summed E-state index contributed by atoms with van der Waals surface area (Å²) in [5.41, 5.74) is 0. The molecule has 0 N–H and O–H groups in total. The first-order valence-corrected chi connectivity index (χ1v) is 20.4. The van der Waals surface area contributed by atoms with Crippen molar-refractivity contribution in [1.29, 1.82) is 0 Å². The lowest BCUT2D eigenvalue weighted by Gasteiger charge is -2.25. The molecule has 1 aliphatic rings. The van der Waals surface area contributed by atoms with Gasteiger partial charge in [0, 0.05) is 40.8 Å². The van der Waals surface area contributed by atoms with Crippen LogP contribution >= 0.6 is 49.1 Å². The molecule has 1 atom stereocenters. The summed E-state index contributed by atoms with van der Waals surface area (Å²) in [4.78, 5) is 4.04. The van der Waals surface area contributed by atoms with Crippen molar-refractivity contribution < 1.29 is 9.13 Å². The average Bonchev–Trinajstić information content (AvgIpc) is 3.80. The molecule has 0 radical (unpaired) electrons. The lowest BCUT2D eigenvalue weighted by atomic mass is 10.4. The number of allylic oxidation sites excluding steroid dienone is 2.